The number of hydrogen-bond donors (Lipinski definition) is 2. The highest BCUT2D eigenvalue weighted by Crippen LogP contribution is 2.43. The van der Waals surface area contributed by atoms with Crippen molar-refractivity contribution in [3.63, 3.8) is 0 Å². The van der Waals surface area contributed by atoms with Crippen LogP contribution in [0.3, 0.4) is 0 Å². The van der Waals surface area contributed by atoms with Crippen LogP contribution in [0.15, 0.2) is 36.4 Å². The third-order valence-corrected chi connectivity index (χ3v) is 4.05. The molecule has 0 saturated heterocycles. The predicted octanol–water partition coefficient (Wildman–Crippen LogP) is 2.86. The molecule has 1 atom stereocenters. The summed E-state index contributed by atoms with van der Waals surface area (Å²) in [4.78, 5) is 13.3. The SMILES string of the molecule is COC(=O)c1cccc(-c2ccc3c(c2C(C)O)N(C#N)CN3)c1. The lowest BCUT2D eigenvalue weighted by molar-refractivity contribution is 0.0601. The molecule has 1 heterocycles. The molecule has 1 unspecified atom stereocenters. The molecule has 6 heteroatoms. The summed E-state index contributed by atoms with van der Waals surface area (Å²) in [5.74, 6) is -0.420. The zero-order chi connectivity index (χ0) is 17.3. The van der Waals surface area contributed by atoms with Crippen LogP contribution in [0.1, 0.15) is 28.9 Å². The lowest BCUT2D eigenvalue weighted by Crippen LogP contribution is -2.17. The minimum atomic E-state index is -0.771. The van der Waals surface area contributed by atoms with Gasteiger partial charge in [-0.25, -0.2) is 4.79 Å². The van der Waals surface area contributed by atoms with Crippen LogP contribution in [-0.2, 0) is 4.74 Å². The molecule has 2 aromatic carbocycles. The molecule has 2 aromatic rings. The quantitative estimate of drug-likeness (QED) is 0.667. The summed E-state index contributed by atoms with van der Waals surface area (Å²) in [5, 5.41) is 22.8. The summed E-state index contributed by atoms with van der Waals surface area (Å²) in [5.41, 5.74) is 4.12. The number of nitrogens with one attached hydrogen (secondary N) is 1. The van der Waals surface area contributed by atoms with Crippen molar-refractivity contribution in [2.45, 2.75) is 13.0 Å². The number of aliphatic hydroxyl groups excluding tert-OH is 1. The molecule has 24 heavy (non-hydrogen) atoms. The number of ether oxygens (including phenoxy) is 1. The number of methoxy groups -OCH3 is 1. The molecule has 122 valence electrons. The second-order valence-corrected chi connectivity index (χ2v) is 5.53. The van der Waals surface area contributed by atoms with Crippen molar-refractivity contribution in [1.82, 2.24) is 0 Å². The lowest BCUT2D eigenvalue weighted by atomic mass is 9.93. The van der Waals surface area contributed by atoms with Crippen molar-refractivity contribution < 1.29 is 14.6 Å². The first-order valence-electron chi connectivity index (χ1n) is 7.51. The highest BCUT2D eigenvalue weighted by atomic mass is 16.5. The van der Waals surface area contributed by atoms with Gasteiger partial charge in [-0.05, 0) is 36.2 Å². The maximum Gasteiger partial charge on any atom is 0.337 e. The van der Waals surface area contributed by atoms with Crippen molar-refractivity contribution in [3.8, 4) is 17.3 Å². The number of nitriles is 1. The van der Waals surface area contributed by atoms with Crippen LogP contribution in [0.2, 0.25) is 0 Å². The summed E-state index contributed by atoms with van der Waals surface area (Å²) < 4.78 is 4.76. The van der Waals surface area contributed by atoms with Gasteiger partial charge in [0.1, 0.15) is 6.67 Å². The topological polar surface area (TPSA) is 85.6 Å². The van der Waals surface area contributed by atoms with E-state index in [2.05, 4.69) is 11.5 Å². The van der Waals surface area contributed by atoms with Crippen LogP contribution in [-0.4, -0.2) is 24.9 Å². The van der Waals surface area contributed by atoms with Crippen molar-refractivity contribution in [2.75, 3.05) is 24.0 Å². The van der Waals surface area contributed by atoms with Crippen LogP contribution < -0.4 is 10.2 Å². The maximum atomic E-state index is 11.8. The summed E-state index contributed by atoms with van der Waals surface area (Å²) >= 11 is 0. The number of nitrogens with zero attached hydrogens (tertiary/aromatic N) is 2. The van der Waals surface area contributed by atoms with Crippen molar-refractivity contribution in [3.05, 3.63) is 47.5 Å². The summed E-state index contributed by atoms with van der Waals surface area (Å²) in [6.07, 6.45) is 1.35. The Balaban J connectivity index is 2.20. The van der Waals surface area contributed by atoms with Crippen LogP contribution in [0.5, 0.6) is 0 Å². The molecule has 0 bridgehead atoms. The Morgan fingerprint density at radius 2 is 2.21 bits per heavy atom. The third kappa shape index (κ3) is 2.55. The van der Waals surface area contributed by atoms with Gasteiger partial charge in [0.05, 0.1) is 30.2 Å². The number of aliphatic hydroxyl groups is 1. The summed E-state index contributed by atoms with van der Waals surface area (Å²) in [7, 11) is 1.34. The van der Waals surface area contributed by atoms with Gasteiger partial charge in [-0.3, -0.25) is 4.90 Å². The molecule has 0 fully saturated rings. The van der Waals surface area contributed by atoms with Gasteiger partial charge in [0.15, 0.2) is 6.19 Å². The maximum absolute atomic E-state index is 11.8. The molecular weight excluding hydrogens is 306 g/mol. The zero-order valence-electron chi connectivity index (χ0n) is 13.4. The molecule has 0 radical (unpaired) electrons. The Morgan fingerprint density at radius 3 is 2.88 bits per heavy atom. The van der Waals surface area contributed by atoms with Gasteiger partial charge in [-0.2, -0.15) is 5.26 Å². The van der Waals surface area contributed by atoms with Gasteiger partial charge in [-0.1, -0.05) is 18.2 Å². The van der Waals surface area contributed by atoms with Gasteiger partial charge in [-0.15, -0.1) is 0 Å². The fraction of sp³-hybridized carbons (Fsp3) is 0.222. The first-order chi connectivity index (χ1) is 11.6. The van der Waals surface area contributed by atoms with E-state index < -0.39 is 12.1 Å². The normalized spacial score (nSPS) is 13.7. The number of carbonyl (C=O) groups is 1. The molecular formula is C18H17N3O3. The zero-order valence-corrected chi connectivity index (χ0v) is 13.4. The molecule has 6 nitrogen and oxygen atoms in total. The Labute approximate surface area is 139 Å². The van der Waals surface area contributed by atoms with E-state index in [1.54, 1.807) is 25.1 Å². The van der Waals surface area contributed by atoms with E-state index in [0.29, 0.717) is 23.5 Å². The first-order valence-corrected chi connectivity index (χ1v) is 7.51. The molecule has 0 spiro atoms. The van der Waals surface area contributed by atoms with Gasteiger partial charge < -0.3 is 15.2 Å². The van der Waals surface area contributed by atoms with Gasteiger partial charge in [0.25, 0.3) is 0 Å². The van der Waals surface area contributed by atoms with E-state index in [1.807, 2.05) is 18.2 Å². The third-order valence-electron chi connectivity index (χ3n) is 4.05. The largest absolute Gasteiger partial charge is 0.465 e. The van der Waals surface area contributed by atoms with Gasteiger partial charge in [0, 0.05) is 5.56 Å². The summed E-state index contributed by atoms with van der Waals surface area (Å²) in [6.45, 7) is 2.04. The monoisotopic (exact) mass is 323 g/mol. The lowest BCUT2D eigenvalue weighted by Gasteiger charge is -2.19. The number of carbonyl (C=O) groups excluding carboxylic acids is 1. The van der Waals surface area contributed by atoms with E-state index in [9.17, 15) is 15.2 Å². The Hall–Kier alpha value is -3.04. The Kier molecular flexibility index (Phi) is 4.11. The number of benzene rings is 2. The molecule has 1 aliphatic rings. The smallest absolute Gasteiger partial charge is 0.337 e. The Morgan fingerprint density at radius 1 is 1.42 bits per heavy atom. The second-order valence-electron chi connectivity index (χ2n) is 5.53. The van der Waals surface area contributed by atoms with Gasteiger partial charge >= 0.3 is 5.97 Å². The molecule has 0 saturated carbocycles. The molecule has 0 aliphatic carbocycles. The number of rotatable bonds is 3. The number of hydrogen-bond acceptors (Lipinski definition) is 6. The van der Waals surface area contributed by atoms with Crippen LogP contribution in [0, 0.1) is 11.5 Å². The van der Waals surface area contributed by atoms with Crippen molar-refractivity contribution >= 4 is 17.3 Å². The molecule has 0 amide bonds. The summed E-state index contributed by atoms with van der Waals surface area (Å²) in [6, 6.07) is 10.8. The average molecular weight is 323 g/mol. The van der Waals surface area contributed by atoms with E-state index in [1.165, 1.54) is 12.0 Å². The fourth-order valence-electron chi connectivity index (χ4n) is 2.98. The number of fused-ring (bicyclic) bond motifs is 1. The van der Waals surface area contributed by atoms with Crippen LogP contribution in [0.4, 0.5) is 11.4 Å². The fourth-order valence-corrected chi connectivity index (χ4v) is 2.98. The van der Waals surface area contributed by atoms with E-state index in [0.717, 1.165) is 16.8 Å². The van der Waals surface area contributed by atoms with Crippen molar-refractivity contribution in [2.24, 2.45) is 0 Å². The minimum Gasteiger partial charge on any atom is -0.465 e. The number of esters is 1. The highest BCUT2D eigenvalue weighted by molar-refractivity contribution is 5.92. The Bertz CT molecular complexity index is 840. The minimum absolute atomic E-state index is 0.372. The van der Waals surface area contributed by atoms with E-state index in [4.69, 9.17) is 4.74 Å². The van der Waals surface area contributed by atoms with E-state index in [-0.39, 0.29) is 0 Å². The predicted molar refractivity (Wildman–Crippen MR) is 90.4 cm³/mol. The van der Waals surface area contributed by atoms with E-state index >= 15 is 0 Å². The number of anilines is 2. The molecule has 3 rings (SSSR count). The standard InChI is InChI=1S/C18H17N3O3/c1-11(22)16-14(6-7-15-17(16)21(9-19)10-20-15)12-4-3-5-13(8-12)18(23)24-2/h3-8,11,20,22H,10H2,1-2H3. The van der Waals surface area contributed by atoms with Crippen LogP contribution >= 0.6 is 0 Å². The van der Waals surface area contributed by atoms with Crippen LogP contribution in [0.25, 0.3) is 11.1 Å². The molecule has 2 N–H and O–H groups in total. The first kappa shape index (κ1) is 15.8. The van der Waals surface area contributed by atoms with Crippen molar-refractivity contribution in [1.29, 1.82) is 5.26 Å². The second kappa shape index (κ2) is 6.22. The highest BCUT2D eigenvalue weighted by Gasteiger charge is 2.27. The molecule has 0 aromatic heterocycles. The molecule has 1 aliphatic heterocycles. The average Bonchev–Trinajstić information content (AvgIpc) is 3.03. The van der Waals surface area contributed by atoms with Gasteiger partial charge in [0.2, 0.25) is 0 Å².